The first-order valence-corrected chi connectivity index (χ1v) is 32.7. The summed E-state index contributed by atoms with van der Waals surface area (Å²) in [5.74, 6) is 0. The van der Waals surface area contributed by atoms with Crippen LogP contribution < -0.4 is 31.1 Å². The first-order chi connectivity index (χ1) is 46.3. The number of nitrogens with zero attached hydrogens (tertiary/aromatic N) is 5. The van der Waals surface area contributed by atoms with Gasteiger partial charge in [0.1, 0.15) is 0 Å². The van der Waals surface area contributed by atoms with Gasteiger partial charge in [-0.05, 0) is 188 Å². The van der Waals surface area contributed by atoms with E-state index in [0.717, 1.165) is 79.3 Å². The highest BCUT2D eigenvalue weighted by molar-refractivity contribution is 7.00. The summed E-state index contributed by atoms with van der Waals surface area (Å²) in [7, 11) is 0. The fraction of sp³-hybridized carbons (Fsp3) is 0.0455. The number of benzene rings is 14. The van der Waals surface area contributed by atoms with Crippen molar-refractivity contribution in [2.24, 2.45) is 0 Å². The number of aromatic nitrogens is 2. The lowest BCUT2D eigenvalue weighted by atomic mass is 9.33. The van der Waals surface area contributed by atoms with Crippen LogP contribution in [-0.4, -0.2) is 15.8 Å². The maximum atomic E-state index is 2.62. The highest BCUT2D eigenvalue weighted by Gasteiger charge is 2.45. The van der Waals surface area contributed by atoms with Crippen molar-refractivity contribution in [2.45, 2.75) is 26.2 Å². The van der Waals surface area contributed by atoms with E-state index in [1.165, 1.54) is 82.3 Å². The Hall–Kier alpha value is -11.9. The Morgan fingerprint density at radius 2 is 0.660 bits per heavy atom. The number of hydrogen-bond donors (Lipinski definition) is 0. The molecule has 5 nitrogen and oxygen atoms in total. The average molecular weight is 1200 g/mol. The van der Waals surface area contributed by atoms with E-state index in [9.17, 15) is 0 Å². The summed E-state index contributed by atoms with van der Waals surface area (Å²) >= 11 is 0. The molecule has 0 saturated heterocycles. The van der Waals surface area contributed by atoms with Crippen molar-refractivity contribution < 1.29 is 0 Å². The smallest absolute Gasteiger partial charge is 0.252 e. The molecule has 0 radical (unpaired) electrons. The van der Waals surface area contributed by atoms with Crippen LogP contribution in [0.15, 0.2) is 334 Å². The Morgan fingerprint density at radius 1 is 0.266 bits per heavy atom. The lowest BCUT2D eigenvalue weighted by Gasteiger charge is -2.45. The van der Waals surface area contributed by atoms with Crippen molar-refractivity contribution in [3.05, 3.63) is 339 Å². The summed E-state index contributed by atoms with van der Waals surface area (Å²) in [6.45, 7) is 6.92. The van der Waals surface area contributed by atoms with E-state index < -0.39 is 0 Å². The topological polar surface area (TPSA) is 19.6 Å². The van der Waals surface area contributed by atoms with Crippen LogP contribution >= 0.6 is 0 Å². The molecule has 4 heterocycles. The van der Waals surface area contributed by atoms with E-state index in [1.807, 2.05) is 0 Å². The summed E-state index contributed by atoms with van der Waals surface area (Å²) < 4.78 is 4.87. The van der Waals surface area contributed by atoms with Gasteiger partial charge in [-0.25, -0.2) is 0 Å². The van der Waals surface area contributed by atoms with Crippen molar-refractivity contribution in [2.75, 3.05) is 14.7 Å². The summed E-state index contributed by atoms with van der Waals surface area (Å²) in [5.41, 5.74) is 28.6. The van der Waals surface area contributed by atoms with Gasteiger partial charge in [0.05, 0.1) is 22.1 Å². The van der Waals surface area contributed by atoms with Gasteiger partial charge in [0.25, 0.3) is 6.71 Å². The number of fused-ring (bicyclic) bond motifs is 10. The van der Waals surface area contributed by atoms with E-state index in [-0.39, 0.29) is 12.1 Å². The fourth-order valence-electron chi connectivity index (χ4n) is 15.2. The molecule has 0 atom stereocenters. The van der Waals surface area contributed by atoms with Gasteiger partial charge in [0, 0.05) is 84.1 Å². The van der Waals surface area contributed by atoms with Crippen LogP contribution in [0.5, 0.6) is 0 Å². The Balaban J connectivity index is 0.908. The standard InChI is InChI=1S/C88H64BN5/c1-88(2,3)65-55-85-87-86(56-65)94(72-53-63(60-27-10-5-11-28-60)51-64(54-72)61-29-12-6-13-30-61)84-58-71(92-81-41-22-18-37-75(81)76-38-19-23-42-82(76)92)48-50-78(84)89(87)77-49-47-70(57-83(77)93(85)69-34-24-31-62(52-69)59-25-8-4-9-26-59)90(66-32-14-7-15-33-66)67-43-45-68(46-44-67)91-79-39-20-16-35-73(79)74-36-17-21-40-80(74)91/h4-58H,1-3H3. The van der Waals surface area contributed by atoms with Crippen LogP contribution in [0.4, 0.5) is 51.2 Å². The van der Waals surface area contributed by atoms with Crippen molar-refractivity contribution in [3.63, 3.8) is 0 Å². The number of anilines is 9. The summed E-state index contributed by atoms with van der Waals surface area (Å²) in [6.07, 6.45) is 0. The Morgan fingerprint density at radius 3 is 1.18 bits per heavy atom. The molecule has 0 saturated carbocycles. The second-order valence-corrected chi connectivity index (χ2v) is 26.1. The third-order valence-corrected chi connectivity index (χ3v) is 19.6. The van der Waals surface area contributed by atoms with E-state index in [2.05, 4.69) is 378 Å². The van der Waals surface area contributed by atoms with Gasteiger partial charge in [-0.1, -0.05) is 227 Å². The fourth-order valence-corrected chi connectivity index (χ4v) is 15.2. The normalized spacial score (nSPS) is 12.6. The molecule has 6 heteroatoms. The van der Waals surface area contributed by atoms with E-state index in [0.29, 0.717) is 0 Å². The quantitative estimate of drug-likeness (QED) is 0.127. The lowest BCUT2D eigenvalue weighted by Crippen LogP contribution is -2.61. The third-order valence-electron chi connectivity index (χ3n) is 19.6. The van der Waals surface area contributed by atoms with Gasteiger partial charge in [0.2, 0.25) is 0 Å². The summed E-state index contributed by atoms with van der Waals surface area (Å²) in [5, 5.41) is 4.96. The van der Waals surface area contributed by atoms with Crippen molar-refractivity contribution in [1.82, 2.24) is 9.13 Å². The Kier molecular flexibility index (Phi) is 12.8. The minimum atomic E-state index is -0.256. The van der Waals surface area contributed by atoms with Gasteiger partial charge in [0.15, 0.2) is 0 Å². The Labute approximate surface area is 548 Å². The largest absolute Gasteiger partial charge is 0.311 e. The molecular weight excluding hydrogens is 1140 g/mol. The average Bonchev–Trinajstić information content (AvgIpc) is 0.887. The second-order valence-electron chi connectivity index (χ2n) is 26.1. The molecule has 94 heavy (non-hydrogen) atoms. The molecule has 16 aromatic rings. The van der Waals surface area contributed by atoms with Gasteiger partial charge in [-0.2, -0.15) is 0 Å². The zero-order valence-electron chi connectivity index (χ0n) is 52.6. The zero-order chi connectivity index (χ0) is 62.6. The predicted molar refractivity (Wildman–Crippen MR) is 399 cm³/mol. The molecule has 2 aliphatic heterocycles. The third kappa shape index (κ3) is 9.00. The molecule has 0 spiro atoms. The first-order valence-electron chi connectivity index (χ1n) is 32.7. The molecule has 2 aromatic heterocycles. The monoisotopic (exact) mass is 1200 g/mol. The number of rotatable bonds is 10. The molecule has 0 N–H and O–H groups in total. The van der Waals surface area contributed by atoms with E-state index in [1.54, 1.807) is 0 Å². The van der Waals surface area contributed by atoms with Crippen molar-refractivity contribution in [3.8, 4) is 44.8 Å². The second kappa shape index (κ2) is 21.9. The van der Waals surface area contributed by atoms with Crippen LogP contribution in [0.1, 0.15) is 26.3 Å². The van der Waals surface area contributed by atoms with Crippen LogP contribution in [0.25, 0.3) is 88.4 Å². The van der Waals surface area contributed by atoms with Gasteiger partial charge in [-0.15, -0.1) is 0 Å². The van der Waals surface area contributed by atoms with E-state index in [4.69, 9.17) is 0 Å². The highest BCUT2D eigenvalue weighted by Crippen LogP contribution is 2.50. The zero-order valence-corrected chi connectivity index (χ0v) is 52.6. The van der Waals surface area contributed by atoms with Crippen LogP contribution in [-0.2, 0) is 5.41 Å². The molecule has 0 aliphatic carbocycles. The SMILES string of the molecule is CC(C)(C)c1cc2c3c(c1)N(c1cc(-c4ccccc4)cc(-c4ccccc4)c1)c1cc(-n4c5ccccc5c5ccccc54)ccc1B3c1ccc(N(c3ccccc3)c3ccc(-n4c5ccccc5c5ccccc54)cc3)cc1N2c1cccc(-c2ccccc2)c1. The van der Waals surface area contributed by atoms with Crippen LogP contribution in [0.3, 0.4) is 0 Å². The Bertz CT molecular complexity index is 5450. The molecule has 0 fully saturated rings. The minimum Gasteiger partial charge on any atom is -0.311 e. The van der Waals surface area contributed by atoms with Gasteiger partial charge >= 0.3 is 0 Å². The molecule has 18 rings (SSSR count). The molecule has 444 valence electrons. The predicted octanol–water partition coefficient (Wildman–Crippen LogP) is 21.7. The maximum absolute atomic E-state index is 2.62. The van der Waals surface area contributed by atoms with Crippen LogP contribution in [0.2, 0.25) is 0 Å². The minimum absolute atomic E-state index is 0.170. The number of para-hydroxylation sites is 5. The highest BCUT2D eigenvalue weighted by atomic mass is 15.2. The lowest BCUT2D eigenvalue weighted by molar-refractivity contribution is 0.590. The maximum Gasteiger partial charge on any atom is 0.252 e. The molecule has 2 aliphatic rings. The molecule has 14 aromatic carbocycles. The van der Waals surface area contributed by atoms with Gasteiger partial charge < -0.3 is 23.8 Å². The van der Waals surface area contributed by atoms with Crippen molar-refractivity contribution >= 4 is 118 Å². The molecular formula is C88H64BN5. The van der Waals surface area contributed by atoms with Crippen LogP contribution in [0, 0.1) is 0 Å². The van der Waals surface area contributed by atoms with Gasteiger partial charge in [-0.3, -0.25) is 0 Å². The summed E-state index contributed by atoms with van der Waals surface area (Å²) in [4.78, 5) is 7.64. The van der Waals surface area contributed by atoms with Crippen molar-refractivity contribution in [1.29, 1.82) is 0 Å². The van der Waals surface area contributed by atoms with E-state index >= 15 is 0 Å². The first kappa shape index (κ1) is 55.0. The molecule has 0 bridgehead atoms. The number of hydrogen-bond acceptors (Lipinski definition) is 3. The summed E-state index contributed by atoms with van der Waals surface area (Å²) in [6, 6.07) is 124. The molecule has 0 amide bonds. The molecule has 0 unspecified atom stereocenters.